The summed E-state index contributed by atoms with van der Waals surface area (Å²) in [7, 11) is -4.40. The average molecular weight is 580 g/mol. The molecule has 0 spiro atoms. The van der Waals surface area contributed by atoms with Gasteiger partial charge in [-0.05, 0) is 66.3 Å². The highest BCUT2D eigenvalue weighted by Crippen LogP contribution is 2.37. The van der Waals surface area contributed by atoms with E-state index in [1.165, 1.54) is 30.0 Å². The summed E-state index contributed by atoms with van der Waals surface area (Å²) in [6.45, 7) is 5.02. The lowest BCUT2D eigenvalue weighted by Crippen LogP contribution is -2.52. The van der Waals surface area contributed by atoms with Crippen molar-refractivity contribution in [3.8, 4) is 5.82 Å². The fourth-order valence-electron chi connectivity index (χ4n) is 4.06. The van der Waals surface area contributed by atoms with Crippen LogP contribution in [-0.4, -0.2) is 46.6 Å². The van der Waals surface area contributed by atoms with E-state index in [0.29, 0.717) is 11.2 Å². The minimum absolute atomic E-state index is 0.120. The van der Waals surface area contributed by atoms with E-state index >= 15 is 0 Å². The van der Waals surface area contributed by atoms with Gasteiger partial charge in [-0.2, -0.15) is 0 Å². The molecule has 0 aliphatic rings. The molecular formula is C25H24Cl2N4O4S2. The number of carboxylic acid groups (broad SMARTS) is 1. The van der Waals surface area contributed by atoms with Gasteiger partial charge in [-0.25, -0.2) is 13.2 Å². The number of hydrogen-bond donors (Lipinski definition) is 1. The zero-order valence-corrected chi connectivity index (χ0v) is 23.5. The average Bonchev–Trinajstić information content (AvgIpc) is 3.24. The minimum atomic E-state index is -4.40. The normalized spacial score (nSPS) is 13.0. The zero-order chi connectivity index (χ0) is 27.1. The largest absolute Gasteiger partial charge is 0.480 e. The molecular weight excluding hydrogens is 555 g/mol. The van der Waals surface area contributed by atoms with Crippen LogP contribution < -0.4 is 4.31 Å². The first-order chi connectivity index (χ1) is 17.3. The number of aromatic nitrogens is 3. The lowest BCUT2D eigenvalue weighted by Gasteiger charge is -2.37. The highest BCUT2D eigenvalue weighted by Gasteiger charge is 2.43. The van der Waals surface area contributed by atoms with Crippen molar-refractivity contribution >= 4 is 67.5 Å². The lowest BCUT2D eigenvalue weighted by atomic mass is 9.86. The molecule has 4 rings (SSSR count). The summed E-state index contributed by atoms with van der Waals surface area (Å²) in [5, 5.41) is 20.3. The van der Waals surface area contributed by atoms with E-state index in [2.05, 4.69) is 10.2 Å². The molecule has 8 nitrogen and oxygen atoms in total. The van der Waals surface area contributed by atoms with Gasteiger partial charge in [0, 0.05) is 21.6 Å². The molecule has 1 N–H and O–H groups in total. The molecule has 37 heavy (non-hydrogen) atoms. The smallest absolute Gasteiger partial charge is 0.328 e. The Hall–Kier alpha value is -2.79. The molecule has 0 amide bonds. The molecule has 194 valence electrons. The molecule has 0 fully saturated rings. The summed E-state index contributed by atoms with van der Waals surface area (Å²) in [4.78, 5) is 12.3. The topological polar surface area (TPSA) is 105 Å². The summed E-state index contributed by atoms with van der Waals surface area (Å²) in [5.74, 6) is -0.692. The first kappa shape index (κ1) is 27.3. The van der Waals surface area contributed by atoms with E-state index in [0.717, 1.165) is 14.8 Å². The van der Waals surface area contributed by atoms with E-state index in [-0.39, 0.29) is 20.6 Å². The van der Waals surface area contributed by atoms with Crippen molar-refractivity contribution in [1.82, 2.24) is 14.8 Å². The molecule has 4 aromatic rings. The number of rotatable bonds is 7. The first-order valence-electron chi connectivity index (χ1n) is 11.1. The van der Waals surface area contributed by atoms with Crippen LogP contribution in [0, 0.1) is 5.41 Å². The van der Waals surface area contributed by atoms with Gasteiger partial charge in [-0.15, -0.1) is 22.0 Å². The van der Waals surface area contributed by atoms with Gasteiger partial charge < -0.3 is 5.11 Å². The number of carbonyl (C=O) groups is 1. The number of sulfonamides is 1. The third kappa shape index (κ3) is 5.43. The van der Waals surface area contributed by atoms with Crippen LogP contribution in [0.25, 0.3) is 16.7 Å². The van der Waals surface area contributed by atoms with Crippen LogP contribution in [0.5, 0.6) is 0 Å². The molecule has 0 radical (unpaired) electrons. The van der Waals surface area contributed by atoms with Crippen molar-refractivity contribution in [1.29, 1.82) is 0 Å². The van der Waals surface area contributed by atoms with Crippen LogP contribution in [0.3, 0.4) is 0 Å². The van der Waals surface area contributed by atoms with Crippen molar-refractivity contribution in [2.24, 2.45) is 5.41 Å². The van der Waals surface area contributed by atoms with Gasteiger partial charge in [0.25, 0.3) is 10.0 Å². The van der Waals surface area contributed by atoms with Crippen LogP contribution in [0.1, 0.15) is 20.8 Å². The molecule has 0 aliphatic carbocycles. The van der Waals surface area contributed by atoms with Crippen molar-refractivity contribution in [3.63, 3.8) is 0 Å². The third-order valence-electron chi connectivity index (χ3n) is 5.69. The Morgan fingerprint density at radius 2 is 1.70 bits per heavy atom. The summed E-state index contributed by atoms with van der Waals surface area (Å²) in [6.07, 6.45) is 3.71. The monoisotopic (exact) mass is 578 g/mol. The van der Waals surface area contributed by atoms with Crippen molar-refractivity contribution in [3.05, 3.63) is 70.8 Å². The maximum atomic E-state index is 14.0. The fraction of sp³-hybridized carbons (Fsp3) is 0.240. The Labute approximate surface area is 229 Å². The second kappa shape index (κ2) is 10.2. The van der Waals surface area contributed by atoms with Gasteiger partial charge in [0.2, 0.25) is 0 Å². The number of carboxylic acids is 1. The van der Waals surface area contributed by atoms with E-state index in [9.17, 15) is 18.3 Å². The Morgan fingerprint density at radius 3 is 2.24 bits per heavy atom. The number of nitrogens with zero attached hydrogens (tertiary/aromatic N) is 4. The summed E-state index contributed by atoms with van der Waals surface area (Å²) in [5.41, 5.74) is -0.0234. The highest BCUT2D eigenvalue weighted by molar-refractivity contribution is 7.98. The minimum Gasteiger partial charge on any atom is -0.480 e. The van der Waals surface area contributed by atoms with Crippen LogP contribution in [0.15, 0.2) is 70.7 Å². The molecule has 1 atom stereocenters. The summed E-state index contributed by atoms with van der Waals surface area (Å²) >= 11 is 13.7. The predicted octanol–water partition coefficient (Wildman–Crippen LogP) is 6.14. The van der Waals surface area contributed by atoms with Crippen LogP contribution in [-0.2, 0) is 14.8 Å². The maximum Gasteiger partial charge on any atom is 0.328 e. The van der Waals surface area contributed by atoms with Gasteiger partial charge >= 0.3 is 5.97 Å². The molecule has 2 heterocycles. The van der Waals surface area contributed by atoms with Crippen molar-refractivity contribution < 1.29 is 18.3 Å². The number of hydrogen-bond acceptors (Lipinski definition) is 6. The molecule has 0 bridgehead atoms. The molecule has 0 saturated heterocycles. The zero-order valence-electron chi connectivity index (χ0n) is 20.4. The molecule has 1 unspecified atom stereocenters. The number of aliphatic carboxylic acids is 1. The Bertz CT molecular complexity index is 1560. The second-order valence-electron chi connectivity index (χ2n) is 9.38. The maximum absolute atomic E-state index is 14.0. The number of fused-ring (bicyclic) bond motifs is 1. The Balaban J connectivity index is 1.90. The highest BCUT2D eigenvalue weighted by atomic mass is 35.5. The SMILES string of the molecule is CSc1ccc(-n2ccc3cc(N(C(C(=O)O)C(C)(C)C)S(=O)(=O)c4cc(Cl)cc(Cl)c4)ccc32)nn1. The predicted molar refractivity (Wildman–Crippen MR) is 148 cm³/mol. The van der Waals surface area contributed by atoms with Crippen LogP contribution >= 0.6 is 35.0 Å². The van der Waals surface area contributed by atoms with Crippen LogP contribution in [0.2, 0.25) is 10.0 Å². The molecule has 2 aromatic heterocycles. The molecule has 0 aliphatic heterocycles. The van der Waals surface area contributed by atoms with Gasteiger partial charge in [-0.3, -0.25) is 8.87 Å². The lowest BCUT2D eigenvalue weighted by molar-refractivity contribution is -0.140. The van der Waals surface area contributed by atoms with Gasteiger partial charge in [0.05, 0.1) is 16.1 Å². The van der Waals surface area contributed by atoms with Crippen molar-refractivity contribution in [2.75, 3.05) is 10.6 Å². The fourth-order valence-corrected chi connectivity index (χ4v) is 6.89. The second-order valence-corrected chi connectivity index (χ2v) is 12.9. The molecule has 12 heteroatoms. The number of halogens is 2. The van der Waals surface area contributed by atoms with E-state index in [1.807, 2.05) is 23.0 Å². The third-order valence-corrected chi connectivity index (χ3v) is 8.54. The standard InChI is InChI=1S/C25H24Cl2N4O4S2/c1-25(2,3)23(24(32)33)31(37(34,35)19-13-16(26)12-17(27)14-19)18-5-6-20-15(11-18)9-10-30(20)21-7-8-22(36-4)29-28-21/h5-14,23H,1-4H3,(H,32,33). The van der Waals surface area contributed by atoms with Gasteiger partial charge in [0.15, 0.2) is 5.82 Å². The van der Waals surface area contributed by atoms with E-state index in [1.54, 1.807) is 51.2 Å². The van der Waals surface area contributed by atoms with Crippen molar-refractivity contribution in [2.45, 2.75) is 36.7 Å². The Morgan fingerprint density at radius 1 is 1.03 bits per heavy atom. The summed E-state index contributed by atoms with van der Waals surface area (Å²) in [6, 6.07) is 12.9. The number of thioether (sulfide) groups is 1. The molecule has 0 saturated carbocycles. The molecule has 2 aromatic carbocycles. The van der Waals surface area contributed by atoms with Gasteiger partial charge in [0.1, 0.15) is 11.1 Å². The van der Waals surface area contributed by atoms with Gasteiger partial charge in [-0.1, -0.05) is 44.0 Å². The quantitative estimate of drug-likeness (QED) is 0.262. The number of benzene rings is 2. The van der Waals surface area contributed by atoms with Crippen LogP contribution in [0.4, 0.5) is 5.69 Å². The van der Waals surface area contributed by atoms with E-state index in [4.69, 9.17) is 23.2 Å². The first-order valence-corrected chi connectivity index (χ1v) is 14.5. The Kier molecular flexibility index (Phi) is 7.49. The van der Waals surface area contributed by atoms with E-state index < -0.39 is 27.4 Å². The summed E-state index contributed by atoms with van der Waals surface area (Å²) < 4.78 is 30.7. The number of anilines is 1.